The van der Waals surface area contributed by atoms with E-state index in [2.05, 4.69) is 27.1 Å². The summed E-state index contributed by atoms with van der Waals surface area (Å²) >= 11 is 1.83. The van der Waals surface area contributed by atoms with Crippen LogP contribution in [0.25, 0.3) is 0 Å². The molecule has 0 spiro atoms. The molecule has 0 radical (unpaired) electrons. The van der Waals surface area contributed by atoms with Gasteiger partial charge in [-0.2, -0.15) is 11.8 Å². The summed E-state index contributed by atoms with van der Waals surface area (Å²) in [6, 6.07) is 3.81. The summed E-state index contributed by atoms with van der Waals surface area (Å²) in [6.45, 7) is 3.74. The minimum Gasteiger partial charge on any atom is -0.493 e. The summed E-state index contributed by atoms with van der Waals surface area (Å²) in [4.78, 5) is 4.73. The molecule has 0 aliphatic rings. The molecule has 0 atom stereocenters. The predicted octanol–water partition coefficient (Wildman–Crippen LogP) is 2.76. The lowest BCUT2D eigenvalue weighted by atomic mass is 10.2. The van der Waals surface area contributed by atoms with Crippen LogP contribution in [0.1, 0.15) is 23.6 Å². The number of ether oxygens (including phenoxy) is 3. The predicted molar refractivity (Wildman–Crippen MR) is 136 cm³/mol. The van der Waals surface area contributed by atoms with Crippen molar-refractivity contribution in [1.82, 2.24) is 25.4 Å². The maximum Gasteiger partial charge on any atom is 0.203 e. The van der Waals surface area contributed by atoms with Gasteiger partial charge in [-0.05, 0) is 43.0 Å². The van der Waals surface area contributed by atoms with Crippen LogP contribution in [0.15, 0.2) is 17.1 Å². The summed E-state index contributed by atoms with van der Waals surface area (Å²) in [5.41, 5.74) is 0.948. The van der Waals surface area contributed by atoms with Gasteiger partial charge in [-0.25, -0.2) is 4.99 Å². The molecule has 2 rings (SSSR count). The molecule has 9 nitrogen and oxygen atoms in total. The summed E-state index contributed by atoms with van der Waals surface area (Å²) in [7, 11) is 6.75. The minimum atomic E-state index is 0. The quantitative estimate of drug-likeness (QED) is 0.186. The lowest BCUT2D eigenvalue weighted by Crippen LogP contribution is -2.38. The molecular weight excluding hydrogens is 531 g/mol. The molecule has 1 aromatic carbocycles. The van der Waals surface area contributed by atoms with Crippen molar-refractivity contribution in [1.29, 1.82) is 0 Å². The molecule has 11 heteroatoms. The molecule has 0 bridgehead atoms. The van der Waals surface area contributed by atoms with Crippen LogP contribution in [0.2, 0.25) is 0 Å². The van der Waals surface area contributed by atoms with E-state index in [0.717, 1.165) is 35.9 Å². The first-order chi connectivity index (χ1) is 14.5. The summed E-state index contributed by atoms with van der Waals surface area (Å²) < 4.78 is 18.2. The summed E-state index contributed by atoms with van der Waals surface area (Å²) in [5.74, 6) is 5.31. The van der Waals surface area contributed by atoms with E-state index >= 15 is 0 Å². The maximum atomic E-state index is 5.43. The van der Waals surface area contributed by atoms with Crippen LogP contribution in [-0.4, -0.2) is 60.6 Å². The summed E-state index contributed by atoms with van der Waals surface area (Å²) in [5, 5.41) is 15.0. The van der Waals surface area contributed by atoms with Gasteiger partial charge in [-0.1, -0.05) is 0 Å². The zero-order valence-electron chi connectivity index (χ0n) is 19.0. The number of rotatable bonds is 11. The molecule has 0 unspecified atom stereocenters. The number of hydrogen-bond acceptors (Lipinski definition) is 7. The highest BCUT2D eigenvalue weighted by Crippen LogP contribution is 2.38. The fourth-order valence-corrected chi connectivity index (χ4v) is 3.20. The van der Waals surface area contributed by atoms with Crippen LogP contribution in [0.3, 0.4) is 0 Å². The molecule has 174 valence electrons. The van der Waals surface area contributed by atoms with Crippen molar-refractivity contribution in [3.05, 3.63) is 29.3 Å². The minimum absolute atomic E-state index is 0. The van der Waals surface area contributed by atoms with Gasteiger partial charge in [0, 0.05) is 13.6 Å². The van der Waals surface area contributed by atoms with Crippen molar-refractivity contribution in [3.8, 4) is 17.2 Å². The third-order valence-electron chi connectivity index (χ3n) is 4.56. The topological polar surface area (TPSA) is 94.8 Å². The number of hydrogen-bond donors (Lipinski definition) is 2. The number of aryl methyl sites for hydroxylation is 1. The van der Waals surface area contributed by atoms with Gasteiger partial charge in [0.15, 0.2) is 23.3 Å². The van der Waals surface area contributed by atoms with Gasteiger partial charge < -0.3 is 29.4 Å². The van der Waals surface area contributed by atoms with Crippen LogP contribution in [0.4, 0.5) is 0 Å². The third-order valence-corrected chi connectivity index (χ3v) is 5.26. The first-order valence-electron chi connectivity index (χ1n) is 9.68. The number of halogens is 1. The SMILES string of the molecule is COc1cc(CN=C(NCCCSC)NCc2nnc(C)n2C)cc(OC)c1OC.I. The van der Waals surface area contributed by atoms with Gasteiger partial charge in [0.2, 0.25) is 5.75 Å². The number of thioether (sulfide) groups is 1. The molecule has 31 heavy (non-hydrogen) atoms. The normalized spacial score (nSPS) is 11.0. The number of guanidine groups is 1. The Bertz CT molecular complexity index is 821. The van der Waals surface area contributed by atoms with Crippen LogP contribution in [0.5, 0.6) is 17.2 Å². The Kier molecular flexibility index (Phi) is 12.5. The van der Waals surface area contributed by atoms with Gasteiger partial charge in [-0.3, -0.25) is 0 Å². The molecule has 2 aromatic rings. The third kappa shape index (κ3) is 7.95. The molecule has 0 saturated heterocycles. The highest BCUT2D eigenvalue weighted by atomic mass is 127. The van der Waals surface area contributed by atoms with E-state index in [9.17, 15) is 0 Å². The van der Waals surface area contributed by atoms with Gasteiger partial charge in [0.05, 0.1) is 34.4 Å². The van der Waals surface area contributed by atoms with E-state index in [1.807, 2.05) is 42.4 Å². The lowest BCUT2D eigenvalue weighted by Gasteiger charge is -2.15. The van der Waals surface area contributed by atoms with Crippen LogP contribution >= 0.6 is 35.7 Å². The first kappa shape index (κ1) is 27.1. The van der Waals surface area contributed by atoms with Gasteiger partial charge in [0.25, 0.3) is 0 Å². The van der Waals surface area contributed by atoms with Crippen molar-refractivity contribution >= 4 is 41.7 Å². The lowest BCUT2D eigenvalue weighted by molar-refractivity contribution is 0.324. The summed E-state index contributed by atoms with van der Waals surface area (Å²) in [6.07, 6.45) is 3.16. The average molecular weight is 564 g/mol. The molecule has 2 N–H and O–H groups in total. The Morgan fingerprint density at radius 1 is 1.10 bits per heavy atom. The number of methoxy groups -OCH3 is 3. The molecule has 0 saturated carbocycles. The molecule has 1 heterocycles. The van der Waals surface area contributed by atoms with Crippen molar-refractivity contribution < 1.29 is 14.2 Å². The van der Waals surface area contributed by atoms with Crippen LogP contribution in [-0.2, 0) is 20.1 Å². The molecule has 0 fully saturated rings. The van der Waals surface area contributed by atoms with Crippen molar-refractivity contribution in [2.45, 2.75) is 26.4 Å². The second kappa shape index (κ2) is 14.2. The zero-order valence-corrected chi connectivity index (χ0v) is 22.2. The number of nitrogens with zero attached hydrogens (tertiary/aromatic N) is 4. The van der Waals surface area contributed by atoms with Crippen LogP contribution in [0, 0.1) is 6.92 Å². The van der Waals surface area contributed by atoms with Gasteiger partial charge in [-0.15, -0.1) is 34.2 Å². The number of benzene rings is 1. The van der Waals surface area contributed by atoms with E-state index in [1.165, 1.54) is 0 Å². The fourth-order valence-electron chi connectivity index (χ4n) is 2.76. The zero-order chi connectivity index (χ0) is 21.9. The largest absolute Gasteiger partial charge is 0.493 e. The Balaban J connectivity index is 0.00000480. The Morgan fingerprint density at radius 2 is 1.77 bits per heavy atom. The monoisotopic (exact) mass is 564 g/mol. The van der Waals surface area contributed by atoms with E-state index in [1.54, 1.807) is 21.3 Å². The highest BCUT2D eigenvalue weighted by Gasteiger charge is 2.13. The Morgan fingerprint density at radius 3 is 2.29 bits per heavy atom. The molecule has 1 aromatic heterocycles. The highest BCUT2D eigenvalue weighted by molar-refractivity contribution is 14.0. The fraction of sp³-hybridized carbons (Fsp3) is 0.550. The van der Waals surface area contributed by atoms with E-state index in [0.29, 0.717) is 36.3 Å². The number of aliphatic imine (C=N–C) groups is 1. The standard InChI is InChI=1S/C20H32N6O3S.HI/c1-14-24-25-18(26(14)2)13-23-20(21-8-7-9-30-6)22-12-15-10-16(27-3)19(29-5)17(11-15)28-4;/h10-11H,7-9,12-13H2,1-6H3,(H2,21,22,23);1H. The van der Waals surface area contributed by atoms with Crippen molar-refractivity contribution in [2.75, 3.05) is 39.9 Å². The number of aromatic nitrogens is 3. The van der Waals surface area contributed by atoms with Crippen LogP contribution < -0.4 is 24.8 Å². The van der Waals surface area contributed by atoms with E-state index in [4.69, 9.17) is 19.2 Å². The first-order valence-corrected chi connectivity index (χ1v) is 11.1. The van der Waals surface area contributed by atoms with Crippen molar-refractivity contribution in [2.24, 2.45) is 12.0 Å². The maximum absolute atomic E-state index is 5.43. The molecule has 0 aliphatic heterocycles. The second-order valence-corrected chi connectivity index (χ2v) is 7.53. The Hall–Kier alpha value is -1.89. The van der Waals surface area contributed by atoms with E-state index in [-0.39, 0.29) is 24.0 Å². The molecular formula is C20H33IN6O3S. The molecule has 0 amide bonds. The van der Waals surface area contributed by atoms with E-state index < -0.39 is 0 Å². The average Bonchev–Trinajstić information content (AvgIpc) is 3.09. The molecule has 0 aliphatic carbocycles. The Labute approximate surface area is 205 Å². The number of nitrogens with one attached hydrogen (secondary N) is 2. The van der Waals surface area contributed by atoms with Crippen molar-refractivity contribution in [3.63, 3.8) is 0 Å². The van der Waals surface area contributed by atoms with Gasteiger partial charge >= 0.3 is 0 Å². The second-order valence-electron chi connectivity index (χ2n) is 6.55. The smallest absolute Gasteiger partial charge is 0.203 e. The van der Waals surface area contributed by atoms with Gasteiger partial charge in [0.1, 0.15) is 5.82 Å².